The summed E-state index contributed by atoms with van der Waals surface area (Å²) >= 11 is 0. The second kappa shape index (κ2) is 9.30. The molecule has 0 bridgehead atoms. The van der Waals surface area contributed by atoms with Crippen molar-refractivity contribution in [2.75, 3.05) is 5.32 Å². The molecule has 2 aromatic rings. The number of nitriles is 1. The van der Waals surface area contributed by atoms with Crippen molar-refractivity contribution in [3.8, 4) is 6.07 Å². The first-order valence-electron chi connectivity index (χ1n) is 7.39. The van der Waals surface area contributed by atoms with Crippen molar-refractivity contribution in [2.24, 2.45) is 0 Å². The summed E-state index contributed by atoms with van der Waals surface area (Å²) in [6, 6.07) is 13.2. The molecule has 0 aliphatic rings. The molecule has 0 aliphatic carbocycles. The maximum Gasteiger partial charge on any atom is 0.257 e. The summed E-state index contributed by atoms with van der Waals surface area (Å²) in [6.07, 6.45) is 3.61. The third-order valence-corrected chi connectivity index (χ3v) is 3.03. The summed E-state index contributed by atoms with van der Waals surface area (Å²) in [4.78, 5) is 15.9. The average molecular weight is 295 g/mol. The minimum absolute atomic E-state index is 0.148. The molecule has 1 N–H and O–H groups in total. The number of aromatic nitrogens is 1. The molecular formula is C18H21N3O. The molecule has 0 spiro atoms. The Morgan fingerprint density at radius 1 is 1.32 bits per heavy atom. The van der Waals surface area contributed by atoms with Crippen LogP contribution in [0.4, 0.5) is 5.69 Å². The van der Waals surface area contributed by atoms with Gasteiger partial charge in [0, 0.05) is 24.5 Å². The van der Waals surface area contributed by atoms with Crippen LogP contribution in [0.25, 0.3) is 0 Å². The quantitative estimate of drug-likeness (QED) is 0.910. The number of rotatable bonds is 4. The van der Waals surface area contributed by atoms with Gasteiger partial charge in [-0.25, -0.2) is 0 Å². The van der Waals surface area contributed by atoms with Crippen LogP contribution >= 0.6 is 0 Å². The molecule has 114 valence electrons. The molecule has 1 heterocycles. The van der Waals surface area contributed by atoms with E-state index >= 15 is 0 Å². The number of anilines is 1. The van der Waals surface area contributed by atoms with Gasteiger partial charge in [0.2, 0.25) is 0 Å². The van der Waals surface area contributed by atoms with Crippen molar-refractivity contribution in [3.63, 3.8) is 0 Å². The zero-order valence-electron chi connectivity index (χ0n) is 13.2. The lowest BCUT2D eigenvalue weighted by atomic mass is 9.98. The molecule has 1 atom stereocenters. The predicted molar refractivity (Wildman–Crippen MR) is 88.6 cm³/mol. The third-order valence-electron chi connectivity index (χ3n) is 3.03. The lowest BCUT2D eigenvalue weighted by Crippen LogP contribution is -2.12. The number of carbonyl (C=O) groups is 1. The van der Waals surface area contributed by atoms with Gasteiger partial charge in [0.25, 0.3) is 5.91 Å². The predicted octanol–water partition coefficient (Wildman–Crippen LogP) is 4.38. The largest absolute Gasteiger partial charge is 0.322 e. The lowest BCUT2D eigenvalue weighted by molar-refractivity contribution is 0.102. The van der Waals surface area contributed by atoms with Crippen LogP contribution in [0.1, 0.15) is 49.0 Å². The SMILES string of the molecule is CC.CC(CC#N)c1cccc(NC(=O)c2cccnc2)c1. The molecule has 1 aromatic heterocycles. The highest BCUT2D eigenvalue weighted by atomic mass is 16.1. The van der Waals surface area contributed by atoms with Crippen LogP contribution in [-0.4, -0.2) is 10.9 Å². The number of hydrogen-bond donors (Lipinski definition) is 1. The fourth-order valence-electron chi connectivity index (χ4n) is 1.88. The monoisotopic (exact) mass is 295 g/mol. The van der Waals surface area contributed by atoms with Crippen LogP contribution in [0, 0.1) is 11.3 Å². The number of pyridine rings is 1. The second-order valence-electron chi connectivity index (χ2n) is 4.58. The first-order chi connectivity index (χ1) is 10.7. The van der Waals surface area contributed by atoms with E-state index in [-0.39, 0.29) is 11.8 Å². The molecule has 22 heavy (non-hydrogen) atoms. The summed E-state index contributed by atoms with van der Waals surface area (Å²) in [5.41, 5.74) is 2.28. The molecule has 1 unspecified atom stereocenters. The number of hydrogen-bond acceptors (Lipinski definition) is 3. The first-order valence-corrected chi connectivity index (χ1v) is 7.39. The Balaban J connectivity index is 0.00000116. The molecule has 0 fully saturated rings. The standard InChI is InChI=1S/C16H15N3O.C2H6/c1-12(7-8-17)13-4-2-6-15(10-13)19-16(20)14-5-3-9-18-11-14;1-2/h2-6,9-12H,7H2,1H3,(H,19,20);1-2H3. The minimum atomic E-state index is -0.191. The Morgan fingerprint density at radius 3 is 2.73 bits per heavy atom. The van der Waals surface area contributed by atoms with Gasteiger partial charge in [0.15, 0.2) is 0 Å². The average Bonchev–Trinajstić information content (AvgIpc) is 2.58. The van der Waals surface area contributed by atoms with Crippen molar-refractivity contribution in [1.29, 1.82) is 5.26 Å². The molecule has 2 rings (SSSR count). The fraction of sp³-hybridized carbons (Fsp3) is 0.278. The second-order valence-corrected chi connectivity index (χ2v) is 4.58. The highest BCUT2D eigenvalue weighted by Gasteiger charge is 2.08. The normalized spacial score (nSPS) is 10.6. The van der Waals surface area contributed by atoms with Gasteiger partial charge in [-0.3, -0.25) is 9.78 Å². The van der Waals surface area contributed by atoms with Gasteiger partial charge >= 0.3 is 0 Å². The number of nitrogens with one attached hydrogen (secondary N) is 1. The summed E-state index contributed by atoms with van der Waals surface area (Å²) in [5, 5.41) is 11.6. The molecule has 0 radical (unpaired) electrons. The van der Waals surface area contributed by atoms with Gasteiger partial charge in [-0.1, -0.05) is 32.9 Å². The summed E-state index contributed by atoms with van der Waals surface area (Å²) < 4.78 is 0. The number of benzene rings is 1. The molecule has 4 heteroatoms. The fourth-order valence-corrected chi connectivity index (χ4v) is 1.88. The minimum Gasteiger partial charge on any atom is -0.322 e. The topological polar surface area (TPSA) is 65.8 Å². The smallest absolute Gasteiger partial charge is 0.257 e. The van der Waals surface area contributed by atoms with Crippen LogP contribution in [-0.2, 0) is 0 Å². The van der Waals surface area contributed by atoms with Crippen molar-refractivity contribution in [1.82, 2.24) is 4.98 Å². The zero-order chi connectivity index (χ0) is 16.4. The van der Waals surface area contributed by atoms with E-state index in [1.54, 1.807) is 18.3 Å². The Morgan fingerprint density at radius 2 is 2.09 bits per heavy atom. The summed E-state index contributed by atoms with van der Waals surface area (Å²) in [6.45, 7) is 5.99. The van der Waals surface area contributed by atoms with E-state index in [4.69, 9.17) is 5.26 Å². The van der Waals surface area contributed by atoms with Crippen LogP contribution in [0.3, 0.4) is 0 Å². The Kier molecular flexibility index (Phi) is 7.35. The highest BCUT2D eigenvalue weighted by molar-refractivity contribution is 6.04. The van der Waals surface area contributed by atoms with Crippen molar-refractivity contribution >= 4 is 11.6 Å². The van der Waals surface area contributed by atoms with Gasteiger partial charge in [-0.05, 0) is 35.7 Å². The molecular weight excluding hydrogens is 274 g/mol. The van der Waals surface area contributed by atoms with Crippen molar-refractivity contribution in [3.05, 3.63) is 59.9 Å². The van der Waals surface area contributed by atoms with Crippen LogP contribution in [0.2, 0.25) is 0 Å². The molecule has 1 aromatic carbocycles. The van der Waals surface area contributed by atoms with E-state index in [0.29, 0.717) is 12.0 Å². The lowest BCUT2D eigenvalue weighted by Gasteiger charge is -2.10. The molecule has 0 saturated carbocycles. The third kappa shape index (κ3) is 5.02. The maximum absolute atomic E-state index is 12.0. The maximum atomic E-state index is 12.0. The number of amides is 1. The van der Waals surface area contributed by atoms with Gasteiger partial charge in [-0.2, -0.15) is 5.26 Å². The Bertz CT molecular complexity index is 632. The van der Waals surface area contributed by atoms with Crippen LogP contribution in [0.15, 0.2) is 48.8 Å². The molecule has 1 amide bonds. The van der Waals surface area contributed by atoms with Gasteiger partial charge in [0.1, 0.15) is 0 Å². The molecule has 4 nitrogen and oxygen atoms in total. The number of nitrogens with zero attached hydrogens (tertiary/aromatic N) is 2. The van der Waals surface area contributed by atoms with Gasteiger partial charge in [0.05, 0.1) is 11.6 Å². The highest BCUT2D eigenvalue weighted by Crippen LogP contribution is 2.21. The van der Waals surface area contributed by atoms with Gasteiger partial charge < -0.3 is 5.32 Å². The first kappa shape index (κ1) is 17.4. The molecule has 0 saturated heterocycles. The van der Waals surface area contributed by atoms with Gasteiger partial charge in [-0.15, -0.1) is 0 Å². The Hall–Kier alpha value is -2.67. The van der Waals surface area contributed by atoms with Crippen LogP contribution < -0.4 is 5.32 Å². The van der Waals surface area contributed by atoms with E-state index < -0.39 is 0 Å². The Labute approximate surface area is 131 Å². The van der Waals surface area contributed by atoms with E-state index in [1.807, 2.05) is 45.0 Å². The van der Waals surface area contributed by atoms with Crippen molar-refractivity contribution in [2.45, 2.75) is 33.1 Å². The van der Waals surface area contributed by atoms with Crippen LogP contribution in [0.5, 0.6) is 0 Å². The number of carbonyl (C=O) groups excluding carboxylic acids is 1. The van der Waals surface area contributed by atoms with Crippen molar-refractivity contribution < 1.29 is 4.79 Å². The zero-order valence-corrected chi connectivity index (χ0v) is 13.2. The van der Waals surface area contributed by atoms with E-state index in [0.717, 1.165) is 11.3 Å². The van der Waals surface area contributed by atoms with E-state index in [1.165, 1.54) is 6.20 Å². The van der Waals surface area contributed by atoms with E-state index in [9.17, 15) is 4.79 Å². The summed E-state index contributed by atoms with van der Waals surface area (Å²) in [7, 11) is 0. The molecule has 0 aliphatic heterocycles. The van der Waals surface area contributed by atoms with E-state index in [2.05, 4.69) is 16.4 Å². The summed E-state index contributed by atoms with van der Waals surface area (Å²) in [5.74, 6) is -0.0431.